The Balaban J connectivity index is 2.28. The summed E-state index contributed by atoms with van der Waals surface area (Å²) in [4.78, 5) is 38.2. The van der Waals surface area contributed by atoms with Crippen molar-refractivity contribution in [1.82, 2.24) is 10.6 Å². The second kappa shape index (κ2) is 9.56. The number of halogens is 1. The van der Waals surface area contributed by atoms with Gasteiger partial charge in [-0.2, -0.15) is 0 Å². The van der Waals surface area contributed by atoms with Crippen molar-refractivity contribution in [2.24, 2.45) is 11.8 Å². The molecule has 1 aliphatic rings. The number of benzene rings is 1. The van der Waals surface area contributed by atoms with E-state index in [2.05, 4.69) is 10.6 Å². The molecule has 1 aromatic rings. The van der Waals surface area contributed by atoms with Crippen molar-refractivity contribution in [1.29, 1.82) is 0 Å². The van der Waals surface area contributed by atoms with Gasteiger partial charge in [0.05, 0.1) is 5.94 Å². The van der Waals surface area contributed by atoms with Crippen LogP contribution in [0.1, 0.15) is 54.8 Å². The third kappa shape index (κ3) is 5.26. The fourth-order valence-electron chi connectivity index (χ4n) is 3.20. The van der Waals surface area contributed by atoms with Crippen LogP contribution in [0, 0.1) is 11.8 Å². The molecule has 0 aromatic heterocycles. The molecule has 4 N–H and O–H groups in total. The molecule has 1 amide bonds. The zero-order chi connectivity index (χ0) is 21.9. The summed E-state index contributed by atoms with van der Waals surface area (Å²) in [6, 6.07) is 5.44. The van der Waals surface area contributed by atoms with Crippen molar-refractivity contribution < 1.29 is 24.4 Å². The average Bonchev–Trinajstić information content (AvgIpc) is 2.65. The molecule has 29 heavy (non-hydrogen) atoms. The first kappa shape index (κ1) is 23.1. The lowest BCUT2D eigenvalue weighted by Crippen LogP contribution is -2.55. The number of Topliss-reactive ketones (excluding diaryl/α,β-unsaturated/α-hetero) is 2. The van der Waals surface area contributed by atoms with E-state index >= 15 is 0 Å². The van der Waals surface area contributed by atoms with Gasteiger partial charge in [0.15, 0.2) is 0 Å². The van der Waals surface area contributed by atoms with Gasteiger partial charge in [-0.05, 0) is 18.3 Å². The summed E-state index contributed by atoms with van der Waals surface area (Å²) in [5, 5.41) is 24.3. The molecule has 0 unspecified atom stereocenters. The standard InChI is InChI=1S/C20H26BClN2O5/c1-10(2)9-14(21(28)29)23-20(27)16(11(3)4)24-17-15(22)18(25)12-7-5-6-8-13(12)19(17)26/h5-8,10-11,14,16,24,28-29H,9H2,1-4H3,(H,23,27)/t14-,16-/m0/s1. The Morgan fingerprint density at radius 3 is 2.10 bits per heavy atom. The number of allylic oxidation sites excluding steroid dienone is 2. The van der Waals surface area contributed by atoms with Crippen LogP contribution in [0.25, 0.3) is 0 Å². The summed E-state index contributed by atoms with van der Waals surface area (Å²) in [6.45, 7) is 7.32. The number of carbonyl (C=O) groups excluding carboxylic acids is 3. The second-order valence-corrected chi connectivity index (χ2v) is 8.30. The van der Waals surface area contributed by atoms with E-state index in [1.54, 1.807) is 26.0 Å². The first-order valence-electron chi connectivity index (χ1n) is 9.55. The fourth-order valence-corrected chi connectivity index (χ4v) is 3.44. The highest BCUT2D eigenvalue weighted by atomic mass is 35.5. The Hall–Kier alpha value is -2.16. The normalized spacial score (nSPS) is 16.0. The Morgan fingerprint density at radius 2 is 1.62 bits per heavy atom. The van der Waals surface area contributed by atoms with Gasteiger partial charge in [-0.3, -0.25) is 14.4 Å². The molecule has 2 rings (SSSR count). The van der Waals surface area contributed by atoms with E-state index in [-0.39, 0.29) is 33.7 Å². The summed E-state index contributed by atoms with van der Waals surface area (Å²) in [6.07, 6.45) is 0.364. The lowest BCUT2D eigenvalue weighted by molar-refractivity contribution is -0.124. The molecule has 0 fully saturated rings. The molecule has 1 aliphatic carbocycles. The van der Waals surface area contributed by atoms with E-state index in [4.69, 9.17) is 11.6 Å². The minimum Gasteiger partial charge on any atom is -0.426 e. The quantitative estimate of drug-likeness (QED) is 0.476. The van der Waals surface area contributed by atoms with Crippen LogP contribution in [0.3, 0.4) is 0 Å². The monoisotopic (exact) mass is 420 g/mol. The highest BCUT2D eigenvalue weighted by molar-refractivity contribution is 6.50. The summed E-state index contributed by atoms with van der Waals surface area (Å²) in [5.41, 5.74) is 0.309. The number of amides is 1. The van der Waals surface area contributed by atoms with Crippen LogP contribution in [0.5, 0.6) is 0 Å². The Bertz CT molecular complexity index is 838. The van der Waals surface area contributed by atoms with E-state index in [1.807, 2.05) is 13.8 Å². The van der Waals surface area contributed by atoms with Crippen LogP contribution in [0.4, 0.5) is 0 Å². The summed E-state index contributed by atoms with van der Waals surface area (Å²) >= 11 is 6.17. The van der Waals surface area contributed by atoms with Crippen molar-refractivity contribution in [3.63, 3.8) is 0 Å². The molecule has 0 bridgehead atoms. The molecule has 2 atom stereocenters. The van der Waals surface area contributed by atoms with Crippen molar-refractivity contribution in [3.05, 3.63) is 46.1 Å². The summed E-state index contributed by atoms with van der Waals surface area (Å²) in [7, 11) is -1.72. The third-order valence-corrected chi connectivity index (χ3v) is 5.08. The largest absolute Gasteiger partial charge is 0.475 e. The molecular formula is C20H26BClN2O5. The van der Waals surface area contributed by atoms with Crippen LogP contribution in [0.2, 0.25) is 0 Å². The molecule has 0 aliphatic heterocycles. The van der Waals surface area contributed by atoms with Crippen molar-refractivity contribution in [2.45, 2.75) is 46.1 Å². The van der Waals surface area contributed by atoms with E-state index < -0.39 is 36.6 Å². The van der Waals surface area contributed by atoms with Crippen LogP contribution < -0.4 is 10.6 Å². The van der Waals surface area contributed by atoms with Gasteiger partial charge in [0, 0.05) is 11.1 Å². The lowest BCUT2D eigenvalue weighted by atomic mass is 9.75. The highest BCUT2D eigenvalue weighted by Gasteiger charge is 2.36. The van der Waals surface area contributed by atoms with Gasteiger partial charge >= 0.3 is 7.12 Å². The first-order chi connectivity index (χ1) is 13.5. The third-order valence-electron chi connectivity index (χ3n) is 4.72. The topological polar surface area (TPSA) is 116 Å². The number of carbonyl (C=O) groups is 3. The van der Waals surface area contributed by atoms with Gasteiger partial charge in [0.1, 0.15) is 16.8 Å². The molecule has 9 heteroatoms. The Labute approximate surface area is 175 Å². The smallest absolute Gasteiger partial charge is 0.426 e. The van der Waals surface area contributed by atoms with E-state index in [1.165, 1.54) is 12.1 Å². The van der Waals surface area contributed by atoms with Crippen LogP contribution >= 0.6 is 11.6 Å². The summed E-state index contributed by atoms with van der Waals surface area (Å²) < 4.78 is 0. The molecule has 0 heterocycles. The number of hydrogen-bond donors (Lipinski definition) is 4. The zero-order valence-electron chi connectivity index (χ0n) is 16.9. The minimum absolute atomic E-state index is 0.124. The summed E-state index contributed by atoms with van der Waals surface area (Å²) in [5.74, 6) is -2.49. The second-order valence-electron chi connectivity index (χ2n) is 7.92. The van der Waals surface area contributed by atoms with Crippen LogP contribution in [0.15, 0.2) is 35.0 Å². The maximum atomic E-state index is 12.9. The average molecular weight is 421 g/mol. The minimum atomic E-state index is -1.72. The van der Waals surface area contributed by atoms with Gasteiger partial charge in [0.25, 0.3) is 0 Å². The van der Waals surface area contributed by atoms with E-state index in [0.717, 1.165) is 0 Å². The predicted molar refractivity (Wildman–Crippen MR) is 111 cm³/mol. The Morgan fingerprint density at radius 1 is 1.07 bits per heavy atom. The molecule has 1 aromatic carbocycles. The predicted octanol–water partition coefficient (Wildman–Crippen LogP) is 1.67. The molecule has 7 nitrogen and oxygen atoms in total. The maximum Gasteiger partial charge on any atom is 0.475 e. The number of ketones is 2. The van der Waals surface area contributed by atoms with Gasteiger partial charge in [-0.25, -0.2) is 0 Å². The highest BCUT2D eigenvalue weighted by Crippen LogP contribution is 2.28. The number of rotatable bonds is 8. The molecule has 0 spiro atoms. The zero-order valence-corrected chi connectivity index (χ0v) is 17.7. The van der Waals surface area contributed by atoms with E-state index in [9.17, 15) is 24.4 Å². The first-order valence-corrected chi connectivity index (χ1v) is 9.93. The number of hydrogen-bond acceptors (Lipinski definition) is 6. The molecule has 0 saturated heterocycles. The van der Waals surface area contributed by atoms with Gasteiger partial charge < -0.3 is 20.7 Å². The van der Waals surface area contributed by atoms with Gasteiger partial charge in [-0.1, -0.05) is 63.6 Å². The number of nitrogens with one attached hydrogen (secondary N) is 2. The van der Waals surface area contributed by atoms with Crippen molar-refractivity contribution >= 4 is 36.2 Å². The van der Waals surface area contributed by atoms with Crippen LogP contribution in [-0.2, 0) is 4.79 Å². The molecule has 156 valence electrons. The van der Waals surface area contributed by atoms with Crippen LogP contribution in [-0.4, -0.2) is 46.6 Å². The molecule has 0 saturated carbocycles. The fraction of sp³-hybridized carbons (Fsp3) is 0.450. The van der Waals surface area contributed by atoms with Crippen molar-refractivity contribution in [2.75, 3.05) is 0 Å². The van der Waals surface area contributed by atoms with Gasteiger partial charge in [-0.15, -0.1) is 0 Å². The van der Waals surface area contributed by atoms with Crippen molar-refractivity contribution in [3.8, 4) is 0 Å². The maximum absolute atomic E-state index is 12.9. The SMILES string of the molecule is CC(C)C[C@H](NC(=O)[C@@H](NC1=C(Cl)C(=O)c2ccccc2C1=O)C(C)C)B(O)O. The lowest BCUT2D eigenvalue weighted by Gasteiger charge is -2.28. The Kier molecular flexibility index (Phi) is 7.63. The molecular weight excluding hydrogens is 394 g/mol. The van der Waals surface area contributed by atoms with Gasteiger partial charge in [0.2, 0.25) is 17.5 Å². The number of fused-ring (bicyclic) bond motifs is 1. The van der Waals surface area contributed by atoms with E-state index in [0.29, 0.717) is 6.42 Å². The molecule has 0 radical (unpaired) electrons.